The Kier molecular flexibility index (Phi) is 4.95. The molecule has 0 spiro atoms. The number of hydrogen-bond donors (Lipinski definition) is 0. The lowest BCUT2D eigenvalue weighted by molar-refractivity contribution is -0.129. The molecular weight excluding hydrogens is 406 g/mol. The number of allylic oxidation sites excluding steroid dienone is 2. The minimum absolute atomic E-state index is 0.234. The van der Waals surface area contributed by atoms with Gasteiger partial charge in [0, 0.05) is 22.3 Å². The van der Waals surface area contributed by atoms with Crippen LogP contribution in [0, 0.1) is 0 Å². The molecule has 0 amide bonds. The van der Waals surface area contributed by atoms with Crippen LogP contribution in [0.15, 0.2) is 89.6 Å². The van der Waals surface area contributed by atoms with Gasteiger partial charge in [0.25, 0.3) is 0 Å². The summed E-state index contributed by atoms with van der Waals surface area (Å²) in [7, 11) is 3.22. The van der Waals surface area contributed by atoms with Gasteiger partial charge < -0.3 is 18.9 Å². The van der Waals surface area contributed by atoms with Gasteiger partial charge in [-0.05, 0) is 60.7 Å². The quantitative estimate of drug-likeness (QED) is 0.442. The first kappa shape index (κ1) is 19.6. The number of nitrogens with zero attached hydrogens (tertiary/aromatic N) is 1. The number of para-hydroxylation sites is 1. The highest BCUT2D eigenvalue weighted by Crippen LogP contribution is 2.40. The molecule has 32 heavy (non-hydrogen) atoms. The number of ether oxygens (including phenoxy) is 4. The molecule has 6 nitrogen and oxygen atoms in total. The van der Waals surface area contributed by atoms with Crippen molar-refractivity contribution >= 4 is 23.2 Å². The van der Waals surface area contributed by atoms with Crippen LogP contribution in [0.25, 0.3) is 11.3 Å². The van der Waals surface area contributed by atoms with Crippen LogP contribution < -0.4 is 14.2 Å². The van der Waals surface area contributed by atoms with E-state index >= 15 is 0 Å². The summed E-state index contributed by atoms with van der Waals surface area (Å²) in [5, 5.41) is 0. The smallest absolute Gasteiger partial charge is 0.364 e. The maximum atomic E-state index is 12.8. The molecule has 0 saturated heterocycles. The Labute approximate surface area is 185 Å². The molecule has 6 heteroatoms. The molecule has 0 atom stereocenters. The summed E-state index contributed by atoms with van der Waals surface area (Å²) >= 11 is 0. The third-order valence-corrected chi connectivity index (χ3v) is 5.24. The molecule has 2 aliphatic heterocycles. The zero-order valence-electron chi connectivity index (χ0n) is 17.5. The normalized spacial score (nSPS) is 17.0. The zero-order chi connectivity index (χ0) is 22.1. The number of esters is 1. The summed E-state index contributed by atoms with van der Waals surface area (Å²) in [6, 6.07) is 22.2. The van der Waals surface area contributed by atoms with Gasteiger partial charge in [-0.1, -0.05) is 18.2 Å². The first-order chi connectivity index (χ1) is 15.7. The molecule has 158 valence electrons. The molecule has 0 aliphatic carbocycles. The van der Waals surface area contributed by atoms with Crippen LogP contribution >= 0.6 is 0 Å². The Bertz CT molecular complexity index is 1280. The molecule has 0 N–H and O–H groups in total. The van der Waals surface area contributed by atoms with Crippen molar-refractivity contribution in [3.8, 4) is 17.2 Å². The van der Waals surface area contributed by atoms with Crippen LogP contribution in [0.2, 0.25) is 0 Å². The summed E-state index contributed by atoms with van der Waals surface area (Å²) in [5.74, 6) is 2.45. The van der Waals surface area contributed by atoms with E-state index in [0.717, 1.165) is 16.9 Å². The Morgan fingerprint density at radius 1 is 0.750 bits per heavy atom. The minimum Gasteiger partial charge on any atom is -0.497 e. The van der Waals surface area contributed by atoms with Crippen molar-refractivity contribution in [2.24, 2.45) is 4.99 Å². The van der Waals surface area contributed by atoms with Crippen LogP contribution in [-0.2, 0) is 9.53 Å². The summed E-state index contributed by atoms with van der Waals surface area (Å²) in [6.07, 6.45) is 1.82. The van der Waals surface area contributed by atoms with Crippen LogP contribution in [0.4, 0.5) is 0 Å². The predicted octanol–water partition coefficient (Wildman–Crippen LogP) is 4.85. The first-order valence-electron chi connectivity index (χ1n) is 9.99. The number of hydrogen-bond acceptors (Lipinski definition) is 6. The van der Waals surface area contributed by atoms with Crippen molar-refractivity contribution in [3.63, 3.8) is 0 Å². The van der Waals surface area contributed by atoms with Crippen LogP contribution in [0.1, 0.15) is 16.7 Å². The molecule has 3 aromatic carbocycles. The van der Waals surface area contributed by atoms with E-state index in [4.69, 9.17) is 18.9 Å². The molecule has 2 heterocycles. The standard InChI is InChI=1S/C26H19NO5/c1-29-18-11-7-16(8-12-18)23-15-21(20-5-3-4-6-22(20)31-23)24-26(28)32-25(27-24)17-9-13-19(30-2)14-10-17/h3-15H,1-2H3. The number of rotatable bonds is 4. The van der Waals surface area contributed by atoms with Gasteiger partial charge in [0.2, 0.25) is 5.90 Å². The fourth-order valence-corrected chi connectivity index (χ4v) is 3.56. The highest BCUT2D eigenvalue weighted by atomic mass is 16.6. The van der Waals surface area contributed by atoms with Gasteiger partial charge in [0.05, 0.1) is 14.2 Å². The van der Waals surface area contributed by atoms with E-state index in [1.54, 1.807) is 38.5 Å². The van der Waals surface area contributed by atoms with Gasteiger partial charge in [-0.2, -0.15) is 0 Å². The fraction of sp³-hybridized carbons (Fsp3) is 0.0769. The maximum absolute atomic E-state index is 12.8. The molecule has 3 aromatic rings. The van der Waals surface area contributed by atoms with E-state index in [9.17, 15) is 4.79 Å². The third-order valence-electron chi connectivity index (χ3n) is 5.24. The Balaban J connectivity index is 1.62. The number of fused-ring (bicyclic) bond motifs is 1. The van der Waals surface area contributed by atoms with Crippen LogP contribution in [-0.4, -0.2) is 26.1 Å². The number of cyclic esters (lactones) is 1. The highest BCUT2D eigenvalue weighted by Gasteiger charge is 2.30. The van der Waals surface area contributed by atoms with Gasteiger partial charge in [0.15, 0.2) is 5.70 Å². The topological polar surface area (TPSA) is 66.3 Å². The second-order valence-electron chi connectivity index (χ2n) is 7.13. The lowest BCUT2D eigenvalue weighted by atomic mass is 9.97. The molecule has 5 rings (SSSR count). The Morgan fingerprint density at radius 3 is 2.03 bits per heavy atom. The molecule has 0 bridgehead atoms. The number of methoxy groups -OCH3 is 2. The third kappa shape index (κ3) is 3.52. The van der Waals surface area contributed by atoms with E-state index in [2.05, 4.69) is 4.99 Å². The monoisotopic (exact) mass is 425 g/mol. The highest BCUT2D eigenvalue weighted by molar-refractivity contribution is 6.15. The van der Waals surface area contributed by atoms with Crippen LogP contribution in [0.3, 0.4) is 0 Å². The fourth-order valence-electron chi connectivity index (χ4n) is 3.56. The zero-order valence-corrected chi connectivity index (χ0v) is 17.5. The van der Waals surface area contributed by atoms with Crippen molar-refractivity contribution in [2.75, 3.05) is 14.2 Å². The Hall–Kier alpha value is -4.32. The van der Waals surface area contributed by atoms with Gasteiger partial charge in [0.1, 0.15) is 23.0 Å². The van der Waals surface area contributed by atoms with E-state index < -0.39 is 5.97 Å². The molecule has 2 aliphatic rings. The van der Waals surface area contributed by atoms with Crippen molar-refractivity contribution in [3.05, 3.63) is 101 Å². The molecular formula is C26H19NO5. The van der Waals surface area contributed by atoms with Crippen molar-refractivity contribution < 1.29 is 23.7 Å². The van der Waals surface area contributed by atoms with E-state index in [0.29, 0.717) is 28.4 Å². The summed E-state index contributed by atoms with van der Waals surface area (Å²) in [4.78, 5) is 17.3. The van der Waals surface area contributed by atoms with E-state index in [-0.39, 0.29) is 11.6 Å². The summed E-state index contributed by atoms with van der Waals surface area (Å²) in [6.45, 7) is 0. The molecule has 0 unspecified atom stereocenters. The molecule has 0 aromatic heterocycles. The van der Waals surface area contributed by atoms with Gasteiger partial charge in [-0.25, -0.2) is 9.79 Å². The van der Waals surface area contributed by atoms with E-state index in [1.165, 1.54) is 0 Å². The second kappa shape index (κ2) is 8.07. The summed E-state index contributed by atoms with van der Waals surface area (Å²) < 4.78 is 22.1. The van der Waals surface area contributed by atoms with Gasteiger partial charge in [-0.15, -0.1) is 0 Å². The maximum Gasteiger partial charge on any atom is 0.364 e. The first-order valence-corrected chi connectivity index (χ1v) is 9.99. The van der Waals surface area contributed by atoms with E-state index in [1.807, 2.05) is 54.6 Å². The van der Waals surface area contributed by atoms with Crippen molar-refractivity contribution in [2.45, 2.75) is 0 Å². The lowest BCUT2D eigenvalue weighted by Gasteiger charge is -2.20. The van der Waals surface area contributed by atoms with Crippen LogP contribution in [0.5, 0.6) is 17.2 Å². The summed E-state index contributed by atoms with van der Waals surface area (Å²) in [5.41, 5.74) is 3.19. The minimum atomic E-state index is -0.507. The molecule has 0 saturated carbocycles. The molecule has 0 radical (unpaired) electrons. The second-order valence-corrected chi connectivity index (χ2v) is 7.13. The average molecular weight is 425 g/mol. The molecule has 0 fully saturated rings. The average Bonchev–Trinajstić information content (AvgIpc) is 3.24. The largest absolute Gasteiger partial charge is 0.497 e. The number of aliphatic imine (C=N–C) groups is 1. The lowest BCUT2D eigenvalue weighted by Crippen LogP contribution is -2.08. The van der Waals surface area contributed by atoms with Crippen molar-refractivity contribution in [1.82, 2.24) is 0 Å². The SMILES string of the molecule is COc1ccc(C2=CC(=C3N=C(c4ccc(OC)cc4)OC3=O)c3ccccc3O2)cc1. The number of benzene rings is 3. The van der Waals surface area contributed by atoms with Gasteiger partial charge in [-0.3, -0.25) is 0 Å². The number of carbonyl (C=O) groups is 1. The van der Waals surface area contributed by atoms with Gasteiger partial charge >= 0.3 is 5.97 Å². The number of carbonyl (C=O) groups excluding carboxylic acids is 1. The Morgan fingerprint density at radius 2 is 1.38 bits per heavy atom. The van der Waals surface area contributed by atoms with Crippen molar-refractivity contribution in [1.29, 1.82) is 0 Å². The predicted molar refractivity (Wildman–Crippen MR) is 121 cm³/mol.